The first-order chi connectivity index (χ1) is 7.67. The Morgan fingerprint density at radius 3 is 1.56 bits per heavy atom. The Morgan fingerprint density at radius 2 is 1.25 bits per heavy atom. The highest BCUT2D eigenvalue weighted by molar-refractivity contribution is 5.61. The van der Waals surface area contributed by atoms with Gasteiger partial charge >= 0.3 is 12.3 Å². The minimum atomic E-state index is -0.759. The summed E-state index contributed by atoms with van der Waals surface area (Å²) in [6.07, 6.45) is 0.787. The molecule has 1 rings (SSSR count). The van der Waals surface area contributed by atoms with Gasteiger partial charge in [-0.15, -0.1) is 0 Å². The number of methoxy groups -OCH3 is 2. The lowest BCUT2D eigenvalue weighted by Crippen LogP contribution is -2.37. The van der Waals surface area contributed by atoms with Crippen LogP contribution in [0.3, 0.4) is 0 Å². The van der Waals surface area contributed by atoms with Crippen LogP contribution in [0.1, 0.15) is 25.7 Å². The third-order valence-electron chi connectivity index (χ3n) is 2.47. The third-order valence-corrected chi connectivity index (χ3v) is 2.47. The van der Waals surface area contributed by atoms with E-state index in [4.69, 9.17) is 9.47 Å². The Labute approximate surface area is 93.8 Å². The number of carbonyl (C=O) groups is 2. The standard InChI is InChI=1S/C10H16O6/c1-13-9(11)15-7-5-3-4-6-8(7)16-10(12)14-2/h7-8H,3-6H2,1-2H3. The van der Waals surface area contributed by atoms with Gasteiger partial charge in [-0.05, 0) is 25.7 Å². The lowest BCUT2D eigenvalue weighted by atomic mass is 9.95. The van der Waals surface area contributed by atoms with E-state index in [1.807, 2.05) is 0 Å². The van der Waals surface area contributed by atoms with E-state index < -0.39 is 24.5 Å². The third kappa shape index (κ3) is 3.60. The Kier molecular flexibility index (Phi) is 4.88. The molecule has 6 heteroatoms. The molecule has 0 saturated heterocycles. The molecule has 0 amide bonds. The number of rotatable bonds is 2. The zero-order valence-corrected chi connectivity index (χ0v) is 9.43. The first-order valence-corrected chi connectivity index (χ1v) is 5.16. The van der Waals surface area contributed by atoms with E-state index >= 15 is 0 Å². The molecule has 0 aromatic heterocycles. The molecule has 92 valence electrons. The zero-order chi connectivity index (χ0) is 12.0. The summed E-state index contributed by atoms with van der Waals surface area (Å²) in [7, 11) is 2.47. The minimum Gasteiger partial charge on any atom is -0.438 e. The monoisotopic (exact) mass is 232 g/mol. The van der Waals surface area contributed by atoms with Gasteiger partial charge in [-0.1, -0.05) is 0 Å². The second-order valence-electron chi connectivity index (χ2n) is 3.51. The molecule has 6 nitrogen and oxygen atoms in total. The summed E-state index contributed by atoms with van der Waals surface area (Å²) < 4.78 is 18.8. The van der Waals surface area contributed by atoms with Gasteiger partial charge in [0.05, 0.1) is 14.2 Å². The van der Waals surface area contributed by atoms with Crippen molar-refractivity contribution in [1.82, 2.24) is 0 Å². The van der Waals surface area contributed by atoms with Crippen molar-refractivity contribution in [1.29, 1.82) is 0 Å². The number of carbonyl (C=O) groups excluding carboxylic acids is 2. The summed E-state index contributed by atoms with van der Waals surface area (Å²) in [5.41, 5.74) is 0. The topological polar surface area (TPSA) is 71.1 Å². The highest BCUT2D eigenvalue weighted by atomic mass is 16.7. The SMILES string of the molecule is COC(=O)OC1CCCCC1OC(=O)OC. The summed E-state index contributed by atoms with van der Waals surface area (Å²) in [4.78, 5) is 21.9. The Hall–Kier alpha value is -1.46. The molecule has 2 unspecified atom stereocenters. The highest BCUT2D eigenvalue weighted by Crippen LogP contribution is 2.24. The van der Waals surface area contributed by atoms with Gasteiger partial charge in [0.2, 0.25) is 0 Å². The Morgan fingerprint density at radius 1 is 0.875 bits per heavy atom. The lowest BCUT2D eigenvalue weighted by molar-refractivity contribution is -0.0646. The van der Waals surface area contributed by atoms with E-state index in [0.717, 1.165) is 12.8 Å². The van der Waals surface area contributed by atoms with Gasteiger partial charge in [0.1, 0.15) is 12.2 Å². The average Bonchev–Trinajstić information content (AvgIpc) is 2.31. The van der Waals surface area contributed by atoms with Gasteiger partial charge in [-0.3, -0.25) is 0 Å². The molecule has 1 aliphatic carbocycles. The van der Waals surface area contributed by atoms with Crippen LogP contribution in [0.4, 0.5) is 9.59 Å². The predicted molar refractivity (Wildman–Crippen MR) is 53.0 cm³/mol. The van der Waals surface area contributed by atoms with Gasteiger partial charge in [0.25, 0.3) is 0 Å². The maximum absolute atomic E-state index is 11.0. The van der Waals surface area contributed by atoms with Crippen LogP contribution in [0.5, 0.6) is 0 Å². The molecule has 16 heavy (non-hydrogen) atoms. The summed E-state index contributed by atoms with van der Waals surface area (Å²) >= 11 is 0. The molecule has 0 radical (unpaired) electrons. The van der Waals surface area contributed by atoms with Crippen LogP contribution in [0.15, 0.2) is 0 Å². The summed E-state index contributed by atoms with van der Waals surface area (Å²) in [5, 5.41) is 0. The molecule has 0 heterocycles. The van der Waals surface area contributed by atoms with Crippen LogP contribution in [0, 0.1) is 0 Å². The Balaban J connectivity index is 2.49. The van der Waals surface area contributed by atoms with Gasteiger partial charge in [-0.25, -0.2) is 9.59 Å². The van der Waals surface area contributed by atoms with Crippen molar-refractivity contribution >= 4 is 12.3 Å². The average molecular weight is 232 g/mol. The molecular weight excluding hydrogens is 216 g/mol. The molecule has 0 spiro atoms. The van der Waals surface area contributed by atoms with Crippen LogP contribution in [-0.4, -0.2) is 38.7 Å². The molecule has 2 atom stereocenters. The zero-order valence-electron chi connectivity index (χ0n) is 9.43. The molecule has 1 saturated carbocycles. The van der Waals surface area contributed by atoms with Crippen LogP contribution in [-0.2, 0) is 18.9 Å². The van der Waals surface area contributed by atoms with E-state index in [-0.39, 0.29) is 0 Å². The van der Waals surface area contributed by atoms with E-state index in [1.54, 1.807) is 0 Å². The fourth-order valence-electron chi connectivity index (χ4n) is 1.68. The Bertz CT molecular complexity index is 226. The first-order valence-electron chi connectivity index (χ1n) is 5.16. The summed E-state index contributed by atoms with van der Waals surface area (Å²) in [6, 6.07) is 0. The van der Waals surface area contributed by atoms with Crippen molar-refractivity contribution in [2.45, 2.75) is 37.9 Å². The summed E-state index contributed by atoms with van der Waals surface area (Å²) in [5.74, 6) is 0. The largest absolute Gasteiger partial charge is 0.508 e. The van der Waals surface area contributed by atoms with Gasteiger partial charge in [0.15, 0.2) is 0 Å². The molecule has 1 fully saturated rings. The van der Waals surface area contributed by atoms with Crippen LogP contribution < -0.4 is 0 Å². The van der Waals surface area contributed by atoms with E-state index in [1.165, 1.54) is 14.2 Å². The molecule has 0 aromatic carbocycles. The van der Waals surface area contributed by atoms with Crippen LogP contribution in [0.2, 0.25) is 0 Å². The van der Waals surface area contributed by atoms with Crippen molar-refractivity contribution in [3.8, 4) is 0 Å². The minimum absolute atomic E-state index is 0.444. The summed E-state index contributed by atoms with van der Waals surface area (Å²) in [6.45, 7) is 0. The molecule has 0 bridgehead atoms. The van der Waals surface area contributed by atoms with Crippen molar-refractivity contribution in [2.75, 3.05) is 14.2 Å². The number of hydrogen-bond donors (Lipinski definition) is 0. The first kappa shape index (κ1) is 12.6. The van der Waals surface area contributed by atoms with Crippen molar-refractivity contribution in [2.24, 2.45) is 0 Å². The van der Waals surface area contributed by atoms with Crippen LogP contribution >= 0.6 is 0 Å². The molecule has 0 aliphatic heterocycles. The molecule has 1 aliphatic rings. The van der Waals surface area contributed by atoms with Crippen molar-refractivity contribution in [3.05, 3.63) is 0 Å². The highest BCUT2D eigenvalue weighted by Gasteiger charge is 2.32. The van der Waals surface area contributed by atoms with Crippen LogP contribution in [0.25, 0.3) is 0 Å². The smallest absolute Gasteiger partial charge is 0.438 e. The van der Waals surface area contributed by atoms with E-state index in [0.29, 0.717) is 12.8 Å². The molecular formula is C10H16O6. The predicted octanol–water partition coefficient (Wildman–Crippen LogP) is 1.86. The fraction of sp³-hybridized carbons (Fsp3) is 0.800. The second-order valence-corrected chi connectivity index (χ2v) is 3.51. The van der Waals surface area contributed by atoms with Crippen molar-refractivity contribution in [3.63, 3.8) is 0 Å². The molecule has 0 aromatic rings. The quantitative estimate of drug-likeness (QED) is 0.677. The lowest BCUT2D eigenvalue weighted by Gasteiger charge is -2.29. The number of ether oxygens (including phenoxy) is 4. The van der Waals surface area contributed by atoms with Crippen molar-refractivity contribution < 1.29 is 28.5 Å². The van der Waals surface area contributed by atoms with E-state index in [2.05, 4.69) is 9.47 Å². The maximum Gasteiger partial charge on any atom is 0.508 e. The molecule has 0 N–H and O–H groups in total. The number of hydrogen-bond acceptors (Lipinski definition) is 6. The second kappa shape index (κ2) is 6.19. The normalized spacial score (nSPS) is 24.4. The fourth-order valence-corrected chi connectivity index (χ4v) is 1.68. The maximum atomic E-state index is 11.0. The van der Waals surface area contributed by atoms with Gasteiger partial charge in [-0.2, -0.15) is 0 Å². The van der Waals surface area contributed by atoms with Gasteiger partial charge in [0, 0.05) is 0 Å². The van der Waals surface area contributed by atoms with Gasteiger partial charge < -0.3 is 18.9 Å². The van der Waals surface area contributed by atoms with E-state index in [9.17, 15) is 9.59 Å².